The van der Waals surface area contributed by atoms with E-state index in [1.807, 2.05) is 42.5 Å². The smallest absolute Gasteiger partial charge is 0.462 e. The standard InChI is InChI=1S/C45H79O14P/c1-3-5-7-8-9-10-11-12-15-19-22-25-29-33-39(48)58-37(35-57-60(54,55)59-45-43(52)41(50)40(49)42(51)44(45)53)34-56-38(47)32-28-24-21-18-16-13-14-17-20-23-27-31-36(46)30-26-6-4-2/h13-14,18,20-21,23,27,31,36-37,40-46,49-53H,3-12,15-17,19,22,24-26,28-30,32-35H2,1-2H3,(H,54,55)/b14-13-,21-18-,23-20-,31-27+/t36-,37-,40?,41-,42+,43-,44-,45?/m1/s1. The zero-order valence-corrected chi connectivity index (χ0v) is 37.2. The van der Waals surface area contributed by atoms with Crippen molar-refractivity contribution in [1.82, 2.24) is 0 Å². The molecule has 1 rings (SSSR count). The Morgan fingerprint density at radius 3 is 1.70 bits per heavy atom. The lowest BCUT2D eigenvalue weighted by molar-refractivity contribution is -0.220. The number of unbranched alkanes of at least 4 members (excludes halogenated alkanes) is 15. The molecule has 7 N–H and O–H groups in total. The summed E-state index contributed by atoms with van der Waals surface area (Å²) < 4.78 is 33.4. The zero-order chi connectivity index (χ0) is 44.4. The first-order chi connectivity index (χ1) is 28.8. The molecule has 14 nitrogen and oxygen atoms in total. The highest BCUT2D eigenvalue weighted by Gasteiger charge is 2.51. The van der Waals surface area contributed by atoms with Gasteiger partial charge < -0.3 is 45.0 Å². The number of aliphatic hydroxyl groups is 6. The number of phosphoric ester groups is 1. The lowest BCUT2D eigenvalue weighted by Crippen LogP contribution is -2.64. The fourth-order valence-corrected chi connectivity index (χ4v) is 7.54. The van der Waals surface area contributed by atoms with Gasteiger partial charge in [-0.15, -0.1) is 0 Å². The monoisotopic (exact) mass is 875 g/mol. The molecule has 0 spiro atoms. The number of aliphatic hydroxyl groups excluding tert-OH is 6. The van der Waals surface area contributed by atoms with Crippen LogP contribution >= 0.6 is 7.82 Å². The first kappa shape index (κ1) is 55.8. The van der Waals surface area contributed by atoms with Crippen molar-refractivity contribution in [3.05, 3.63) is 48.6 Å². The minimum atomic E-state index is -5.14. The molecule has 0 heterocycles. The van der Waals surface area contributed by atoms with E-state index in [4.69, 9.17) is 18.5 Å². The van der Waals surface area contributed by atoms with Gasteiger partial charge in [-0.1, -0.05) is 159 Å². The molecule has 3 unspecified atom stereocenters. The molecule has 0 radical (unpaired) electrons. The molecule has 0 aromatic heterocycles. The van der Waals surface area contributed by atoms with Crippen LogP contribution in [0.25, 0.3) is 0 Å². The average molecular weight is 875 g/mol. The fraction of sp³-hybridized carbons (Fsp3) is 0.778. The van der Waals surface area contributed by atoms with Gasteiger partial charge >= 0.3 is 19.8 Å². The second-order valence-electron chi connectivity index (χ2n) is 15.8. The number of ether oxygens (including phenoxy) is 2. The number of carbonyl (C=O) groups excluding carboxylic acids is 2. The summed E-state index contributed by atoms with van der Waals surface area (Å²) >= 11 is 0. The van der Waals surface area contributed by atoms with Gasteiger partial charge in [0.2, 0.25) is 0 Å². The van der Waals surface area contributed by atoms with Crippen molar-refractivity contribution in [2.45, 2.75) is 210 Å². The van der Waals surface area contributed by atoms with Crippen LogP contribution < -0.4 is 0 Å². The Hall–Kier alpha value is -2.23. The summed E-state index contributed by atoms with van der Waals surface area (Å²) in [7, 11) is -5.14. The minimum absolute atomic E-state index is 0.0713. The van der Waals surface area contributed by atoms with Crippen LogP contribution in [0.2, 0.25) is 0 Å². The van der Waals surface area contributed by atoms with Crippen LogP contribution in [-0.4, -0.2) is 110 Å². The number of allylic oxidation sites excluding steroid dienone is 7. The van der Waals surface area contributed by atoms with Crippen molar-refractivity contribution >= 4 is 19.8 Å². The maximum atomic E-state index is 12.8. The van der Waals surface area contributed by atoms with Gasteiger partial charge in [-0.05, 0) is 38.5 Å². The number of phosphoric acid groups is 1. The minimum Gasteiger partial charge on any atom is -0.462 e. The molecule has 1 aliphatic carbocycles. The van der Waals surface area contributed by atoms with E-state index in [2.05, 4.69) is 13.8 Å². The van der Waals surface area contributed by atoms with Crippen molar-refractivity contribution in [2.24, 2.45) is 0 Å². The van der Waals surface area contributed by atoms with Crippen molar-refractivity contribution in [3.8, 4) is 0 Å². The Balaban J connectivity index is 2.53. The number of rotatable bonds is 36. The number of hydrogen-bond donors (Lipinski definition) is 7. The third-order valence-corrected chi connectivity index (χ3v) is 11.3. The molecule has 0 aliphatic heterocycles. The Labute approximate surface area is 359 Å². The summed E-state index contributed by atoms with van der Waals surface area (Å²) in [5.41, 5.74) is 0. The van der Waals surface area contributed by atoms with Crippen molar-refractivity contribution in [3.63, 3.8) is 0 Å². The lowest BCUT2D eigenvalue weighted by Gasteiger charge is -2.41. The van der Waals surface area contributed by atoms with Gasteiger partial charge in [0.25, 0.3) is 0 Å². The maximum absolute atomic E-state index is 12.8. The molecule has 9 atom stereocenters. The van der Waals surface area contributed by atoms with Crippen molar-refractivity contribution in [2.75, 3.05) is 13.2 Å². The lowest BCUT2D eigenvalue weighted by atomic mass is 9.85. The largest absolute Gasteiger partial charge is 0.472 e. The van der Waals surface area contributed by atoms with Gasteiger partial charge in [0, 0.05) is 12.8 Å². The van der Waals surface area contributed by atoms with Crippen molar-refractivity contribution in [1.29, 1.82) is 0 Å². The normalized spacial score (nSPS) is 23.1. The van der Waals surface area contributed by atoms with Crippen LogP contribution in [0.4, 0.5) is 0 Å². The molecule has 348 valence electrons. The highest BCUT2D eigenvalue weighted by molar-refractivity contribution is 7.47. The summed E-state index contributed by atoms with van der Waals surface area (Å²) in [6.07, 6.45) is 23.5. The van der Waals surface area contributed by atoms with E-state index in [-0.39, 0.29) is 12.8 Å². The summed E-state index contributed by atoms with van der Waals surface area (Å²) in [6.45, 7) is 3.11. The first-order valence-corrected chi connectivity index (χ1v) is 24.0. The van der Waals surface area contributed by atoms with E-state index in [9.17, 15) is 49.7 Å². The number of carbonyl (C=O) groups is 2. The fourth-order valence-electron chi connectivity index (χ4n) is 6.57. The van der Waals surface area contributed by atoms with Crippen LogP contribution in [0.15, 0.2) is 48.6 Å². The summed E-state index contributed by atoms with van der Waals surface area (Å²) in [5.74, 6) is -1.19. The second-order valence-corrected chi connectivity index (χ2v) is 17.2. The van der Waals surface area contributed by atoms with Gasteiger partial charge in [-0.2, -0.15) is 0 Å². The van der Waals surface area contributed by atoms with Crippen molar-refractivity contribution < 1.29 is 68.2 Å². The third kappa shape index (κ3) is 27.7. The van der Waals surface area contributed by atoms with Gasteiger partial charge in [0.1, 0.15) is 43.2 Å². The van der Waals surface area contributed by atoms with E-state index in [0.29, 0.717) is 19.3 Å². The summed E-state index contributed by atoms with van der Waals surface area (Å²) in [5, 5.41) is 60.0. The molecule has 0 saturated heterocycles. The van der Waals surface area contributed by atoms with E-state index >= 15 is 0 Å². The highest BCUT2D eigenvalue weighted by atomic mass is 31.2. The topological polar surface area (TPSA) is 230 Å². The quantitative estimate of drug-likeness (QED) is 0.0107. The van der Waals surface area contributed by atoms with E-state index in [1.165, 1.54) is 51.4 Å². The SMILES string of the molecule is CCCCCCCCCCCCCCCC(=O)O[C@H](COC(=O)CCC/C=C\C/C=C\C/C=C\C=C\[C@H](O)CCCCC)COP(=O)(O)OC1[C@H](O)[C@H](O)C(O)[C@H](O)[C@H]1O. The van der Waals surface area contributed by atoms with Crippen LogP contribution in [0, 0.1) is 0 Å². The van der Waals surface area contributed by atoms with E-state index < -0.39 is 81.8 Å². The van der Waals surface area contributed by atoms with Gasteiger partial charge in [0.05, 0.1) is 12.7 Å². The summed E-state index contributed by atoms with van der Waals surface area (Å²) in [6, 6.07) is 0. The molecule has 1 aliphatic rings. The molecule has 60 heavy (non-hydrogen) atoms. The number of hydrogen-bond acceptors (Lipinski definition) is 13. The molecule has 0 aromatic rings. The zero-order valence-electron chi connectivity index (χ0n) is 36.4. The van der Waals surface area contributed by atoms with Gasteiger partial charge in [0.15, 0.2) is 6.10 Å². The molecule has 1 saturated carbocycles. The Morgan fingerprint density at radius 1 is 0.600 bits per heavy atom. The van der Waals surface area contributed by atoms with Crippen LogP contribution in [-0.2, 0) is 32.7 Å². The van der Waals surface area contributed by atoms with Crippen LogP contribution in [0.5, 0.6) is 0 Å². The second kappa shape index (κ2) is 35.3. The Morgan fingerprint density at radius 2 is 1.10 bits per heavy atom. The molecular weight excluding hydrogens is 795 g/mol. The Bertz CT molecular complexity index is 1260. The molecule has 0 aromatic carbocycles. The predicted molar refractivity (Wildman–Crippen MR) is 232 cm³/mol. The third-order valence-electron chi connectivity index (χ3n) is 10.3. The van der Waals surface area contributed by atoms with Gasteiger partial charge in [-0.25, -0.2) is 4.57 Å². The maximum Gasteiger partial charge on any atom is 0.472 e. The van der Waals surface area contributed by atoms with Crippen LogP contribution in [0.3, 0.4) is 0 Å². The van der Waals surface area contributed by atoms with E-state index in [0.717, 1.165) is 64.2 Å². The predicted octanol–water partition coefficient (Wildman–Crippen LogP) is 7.36. The first-order valence-electron chi connectivity index (χ1n) is 22.5. The molecule has 1 fully saturated rings. The Kier molecular flexibility index (Phi) is 32.8. The average Bonchev–Trinajstić information content (AvgIpc) is 3.22. The van der Waals surface area contributed by atoms with E-state index in [1.54, 1.807) is 6.08 Å². The molecule has 15 heteroatoms. The molecule has 0 amide bonds. The summed E-state index contributed by atoms with van der Waals surface area (Å²) in [4.78, 5) is 35.6. The highest BCUT2D eigenvalue weighted by Crippen LogP contribution is 2.47. The number of esters is 2. The molecule has 0 bridgehead atoms. The molecular formula is C45H79O14P. The van der Waals surface area contributed by atoms with Crippen LogP contribution in [0.1, 0.15) is 162 Å². The van der Waals surface area contributed by atoms with Gasteiger partial charge in [-0.3, -0.25) is 18.6 Å².